The Labute approximate surface area is 127 Å². The number of fused-ring (bicyclic) bond motifs is 3. The molecule has 1 aromatic carbocycles. The summed E-state index contributed by atoms with van der Waals surface area (Å²) < 4.78 is 35.3. The predicted octanol–water partition coefficient (Wildman–Crippen LogP) is -3.11. The summed E-state index contributed by atoms with van der Waals surface area (Å²) in [5.41, 5.74) is 2.88. The molecule has 3 aliphatic heterocycles. The van der Waals surface area contributed by atoms with E-state index < -0.39 is 10.2 Å². The van der Waals surface area contributed by atoms with Gasteiger partial charge >= 0.3 is 0 Å². The van der Waals surface area contributed by atoms with Crippen molar-refractivity contribution in [3.63, 3.8) is 0 Å². The molecule has 1 aromatic rings. The molecule has 0 amide bonds. The Balaban J connectivity index is 0.000000282. The van der Waals surface area contributed by atoms with Crippen molar-refractivity contribution in [2.24, 2.45) is 0 Å². The standard InChI is InChI=1S/C14H21N2.ClHO4/c1-13-2-4-14(5-3-13)12-16-9-6-15(7-10-16)8-11-16;2-1(3,4)5/h2-5H,6-12H2,1H3;(H,2,3,4,5)/q+1;/p-1. The van der Waals surface area contributed by atoms with Crippen LogP contribution in [0.2, 0.25) is 0 Å². The Bertz CT molecular complexity index is 433. The van der Waals surface area contributed by atoms with Gasteiger partial charge in [0.05, 0.1) is 19.6 Å². The lowest BCUT2D eigenvalue weighted by Crippen LogP contribution is -2.68. The first-order valence-electron chi connectivity index (χ1n) is 7.01. The van der Waals surface area contributed by atoms with Gasteiger partial charge in [-0.2, -0.15) is 0 Å². The number of hydrogen-bond acceptors (Lipinski definition) is 5. The molecule has 0 aromatic heterocycles. The van der Waals surface area contributed by atoms with E-state index >= 15 is 0 Å². The van der Waals surface area contributed by atoms with Crippen molar-refractivity contribution >= 4 is 0 Å². The number of piperazine rings is 3. The lowest BCUT2D eigenvalue weighted by Gasteiger charge is -2.50. The molecule has 21 heavy (non-hydrogen) atoms. The maximum absolute atomic E-state index is 8.49. The molecule has 0 unspecified atom stereocenters. The van der Waals surface area contributed by atoms with Crippen LogP contribution in [0.3, 0.4) is 0 Å². The molecule has 4 rings (SSSR count). The molecule has 0 saturated carbocycles. The van der Waals surface area contributed by atoms with Gasteiger partial charge in [-0.1, -0.05) is 29.8 Å². The molecular formula is C14H21ClN2O4. The second-order valence-corrected chi connectivity index (χ2v) is 6.63. The number of rotatable bonds is 2. The zero-order valence-electron chi connectivity index (χ0n) is 12.2. The number of hydrogen-bond donors (Lipinski definition) is 0. The summed E-state index contributed by atoms with van der Waals surface area (Å²) in [6, 6.07) is 9.11. The van der Waals surface area contributed by atoms with Crippen LogP contribution in [0.25, 0.3) is 0 Å². The van der Waals surface area contributed by atoms with E-state index in [-0.39, 0.29) is 0 Å². The van der Waals surface area contributed by atoms with Gasteiger partial charge < -0.3 is 4.48 Å². The molecule has 0 atom stereocenters. The number of aryl methyl sites for hydroxylation is 1. The fraction of sp³-hybridized carbons (Fsp3) is 0.571. The van der Waals surface area contributed by atoms with Crippen molar-refractivity contribution in [3.8, 4) is 0 Å². The number of halogens is 1. The van der Waals surface area contributed by atoms with E-state index in [0.717, 1.165) is 0 Å². The van der Waals surface area contributed by atoms with E-state index in [1.807, 2.05) is 0 Å². The summed E-state index contributed by atoms with van der Waals surface area (Å²) in [5.74, 6) is 0. The van der Waals surface area contributed by atoms with Gasteiger partial charge in [0.2, 0.25) is 0 Å². The van der Waals surface area contributed by atoms with E-state index in [0.29, 0.717) is 0 Å². The topological polar surface area (TPSA) is 95.5 Å². The number of nitrogens with zero attached hydrogens (tertiary/aromatic N) is 2. The van der Waals surface area contributed by atoms with Crippen LogP contribution in [0.5, 0.6) is 0 Å². The summed E-state index contributed by atoms with van der Waals surface area (Å²) in [7, 11) is -4.94. The summed E-state index contributed by atoms with van der Waals surface area (Å²) in [6.07, 6.45) is 0. The molecule has 3 fully saturated rings. The van der Waals surface area contributed by atoms with Crippen LogP contribution < -0.4 is 18.6 Å². The first kappa shape index (κ1) is 16.6. The molecule has 2 bridgehead atoms. The molecule has 0 N–H and O–H groups in total. The predicted molar refractivity (Wildman–Crippen MR) is 66.2 cm³/mol. The van der Waals surface area contributed by atoms with E-state index in [9.17, 15) is 0 Å². The van der Waals surface area contributed by atoms with Crippen LogP contribution in [0.1, 0.15) is 11.1 Å². The van der Waals surface area contributed by atoms with Crippen LogP contribution in [-0.4, -0.2) is 48.7 Å². The minimum Gasteiger partial charge on any atom is -0.317 e. The third-order valence-corrected chi connectivity index (χ3v) is 4.31. The van der Waals surface area contributed by atoms with Crippen molar-refractivity contribution in [2.45, 2.75) is 13.5 Å². The quantitative estimate of drug-likeness (QED) is 0.538. The fourth-order valence-electron chi connectivity index (χ4n) is 3.05. The van der Waals surface area contributed by atoms with E-state index in [1.165, 1.54) is 61.4 Å². The lowest BCUT2D eigenvalue weighted by molar-refractivity contribution is -2.00. The maximum Gasteiger partial charge on any atom is 0.104 e. The average molecular weight is 317 g/mol. The van der Waals surface area contributed by atoms with Gasteiger partial charge in [-0.15, -0.1) is 10.2 Å². The minimum absolute atomic E-state index is 1.24. The molecule has 0 spiro atoms. The first-order valence-corrected chi connectivity index (χ1v) is 8.24. The van der Waals surface area contributed by atoms with Crippen molar-refractivity contribution < 1.29 is 33.4 Å². The van der Waals surface area contributed by atoms with Crippen molar-refractivity contribution in [3.05, 3.63) is 35.4 Å². The normalized spacial score (nSPS) is 28.0. The molecule has 3 aliphatic rings. The van der Waals surface area contributed by atoms with Crippen LogP contribution in [-0.2, 0) is 6.54 Å². The molecule has 0 radical (unpaired) electrons. The van der Waals surface area contributed by atoms with Gasteiger partial charge in [0, 0.05) is 25.2 Å². The van der Waals surface area contributed by atoms with Crippen molar-refractivity contribution in [1.29, 1.82) is 0 Å². The van der Waals surface area contributed by atoms with Crippen LogP contribution in [0.15, 0.2) is 24.3 Å². The largest absolute Gasteiger partial charge is 0.317 e. The number of quaternary nitrogens is 1. The summed E-state index contributed by atoms with van der Waals surface area (Å²) >= 11 is 0. The number of benzene rings is 1. The van der Waals surface area contributed by atoms with E-state index in [2.05, 4.69) is 36.1 Å². The molecule has 6 nitrogen and oxygen atoms in total. The van der Waals surface area contributed by atoms with Gasteiger partial charge in [-0.05, 0) is 6.92 Å². The molecule has 118 valence electrons. The third-order valence-electron chi connectivity index (χ3n) is 4.31. The SMILES string of the molecule is Cc1ccc(C[N+]23CCN(CC2)CC3)cc1.[O-][Cl+3]([O-])([O-])[O-]. The van der Waals surface area contributed by atoms with Gasteiger partial charge in [0.15, 0.2) is 0 Å². The van der Waals surface area contributed by atoms with Gasteiger partial charge in [-0.3, -0.25) is 4.90 Å². The molecule has 0 aliphatic carbocycles. The van der Waals surface area contributed by atoms with Crippen LogP contribution >= 0.6 is 0 Å². The smallest absolute Gasteiger partial charge is 0.104 e. The Morgan fingerprint density at radius 2 is 1.38 bits per heavy atom. The first-order chi connectivity index (χ1) is 9.76. The highest BCUT2D eigenvalue weighted by Crippen LogP contribution is 2.23. The minimum atomic E-state index is -4.94. The molecule has 7 heteroatoms. The lowest BCUT2D eigenvalue weighted by atomic mass is 10.1. The van der Waals surface area contributed by atoms with Crippen molar-refractivity contribution in [1.82, 2.24) is 4.90 Å². The molecule has 3 heterocycles. The summed E-state index contributed by atoms with van der Waals surface area (Å²) in [5, 5.41) is 0. The zero-order valence-corrected chi connectivity index (χ0v) is 12.9. The Hall–Kier alpha value is -0.730. The van der Waals surface area contributed by atoms with Crippen LogP contribution in [0, 0.1) is 17.2 Å². The third kappa shape index (κ3) is 5.52. The maximum atomic E-state index is 8.49. The Morgan fingerprint density at radius 1 is 0.952 bits per heavy atom. The Kier molecular flexibility index (Phi) is 5.21. The fourth-order valence-corrected chi connectivity index (χ4v) is 3.05. The van der Waals surface area contributed by atoms with E-state index in [4.69, 9.17) is 18.6 Å². The molecular weight excluding hydrogens is 296 g/mol. The highest BCUT2D eigenvalue weighted by molar-refractivity contribution is 5.20. The molecule has 3 saturated heterocycles. The van der Waals surface area contributed by atoms with Gasteiger partial charge in [0.25, 0.3) is 0 Å². The van der Waals surface area contributed by atoms with Crippen molar-refractivity contribution in [2.75, 3.05) is 39.3 Å². The van der Waals surface area contributed by atoms with Gasteiger partial charge in [0.1, 0.15) is 6.54 Å². The van der Waals surface area contributed by atoms with Crippen LogP contribution in [0.4, 0.5) is 0 Å². The highest BCUT2D eigenvalue weighted by Gasteiger charge is 2.38. The second kappa shape index (κ2) is 6.58. The highest BCUT2D eigenvalue weighted by atomic mass is 35.7. The monoisotopic (exact) mass is 316 g/mol. The summed E-state index contributed by atoms with van der Waals surface area (Å²) in [4.78, 5) is 2.61. The van der Waals surface area contributed by atoms with E-state index in [1.54, 1.807) is 0 Å². The zero-order chi connectivity index (χ0) is 15.5. The van der Waals surface area contributed by atoms with Gasteiger partial charge in [-0.25, -0.2) is 18.6 Å². The average Bonchev–Trinajstić information content (AvgIpc) is 2.41. The Morgan fingerprint density at radius 3 is 1.81 bits per heavy atom. The summed E-state index contributed by atoms with van der Waals surface area (Å²) in [6.45, 7) is 11.4. The second-order valence-electron chi connectivity index (χ2n) is 5.88.